The molecule has 0 spiro atoms. The molecule has 2 rings (SSSR count). The zero-order valence-electron chi connectivity index (χ0n) is 8.60. The zero-order valence-corrected chi connectivity index (χ0v) is 8.60. The number of anilines is 1. The largest absolute Gasteiger partial charge is 0.337 e. The summed E-state index contributed by atoms with van der Waals surface area (Å²) in [5.74, 6) is 6.09. The normalized spacial score (nSPS) is 16.7. The highest BCUT2D eigenvalue weighted by Crippen LogP contribution is 2.05. The Morgan fingerprint density at radius 1 is 1.33 bits per heavy atom. The first-order chi connectivity index (χ1) is 7.20. The molecule has 0 saturated carbocycles. The van der Waals surface area contributed by atoms with Gasteiger partial charge in [0.1, 0.15) is 5.69 Å². The summed E-state index contributed by atoms with van der Waals surface area (Å²) in [6, 6.07) is 0. The van der Waals surface area contributed by atoms with Gasteiger partial charge >= 0.3 is 0 Å². The number of aryl methyl sites for hydroxylation is 1. The van der Waals surface area contributed by atoms with E-state index >= 15 is 0 Å². The van der Waals surface area contributed by atoms with Crippen LogP contribution in [0.2, 0.25) is 0 Å². The third-order valence-corrected chi connectivity index (χ3v) is 2.43. The molecular formula is C8H14N6O. The van der Waals surface area contributed by atoms with Crippen LogP contribution in [0.15, 0.2) is 4.79 Å². The summed E-state index contributed by atoms with van der Waals surface area (Å²) in [6.45, 7) is 4.90. The topological polar surface area (TPSA) is 89.1 Å². The summed E-state index contributed by atoms with van der Waals surface area (Å²) in [6.07, 6.45) is 0. The van der Waals surface area contributed by atoms with Crippen LogP contribution in [-0.4, -0.2) is 41.1 Å². The van der Waals surface area contributed by atoms with Gasteiger partial charge in [-0.15, -0.1) is 10.2 Å². The fourth-order valence-electron chi connectivity index (χ4n) is 1.56. The number of rotatable bonds is 1. The number of nitrogens with one attached hydrogen (secondary N) is 1. The van der Waals surface area contributed by atoms with Gasteiger partial charge in [-0.2, -0.15) is 4.68 Å². The summed E-state index contributed by atoms with van der Waals surface area (Å²) < 4.78 is 1.06. The van der Waals surface area contributed by atoms with Crippen molar-refractivity contribution in [1.82, 2.24) is 20.2 Å². The molecule has 1 aromatic rings. The van der Waals surface area contributed by atoms with Crippen molar-refractivity contribution in [3.8, 4) is 0 Å². The second kappa shape index (κ2) is 3.85. The summed E-state index contributed by atoms with van der Waals surface area (Å²) >= 11 is 0. The molecule has 0 bridgehead atoms. The maximum atomic E-state index is 11.5. The highest BCUT2D eigenvalue weighted by atomic mass is 16.1. The molecule has 0 aromatic carbocycles. The van der Waals surface area contributed by atoms with E-state index in [2.05, 4.69) is 15.5 Å². The first kappa shape index (κ1) is 9.91. The van der Waals surface area contributed by atoms with Crippen molar-refractivity contribution < 1.29 is 0 Å². The number of hydrogen-bond acceptors (Lipinski definition) is 6. The first-order valence-corrected chi connectivity index (χ1v) is 4.87. The van der Waals surface area contributed by atoms with E-state index < -0.39 is 0 Å². The lowest BCUT2D eigenvalue weighted by Gasteiger charge is -2.28. The third kappa shape index (κ3) is 1.78. The molecule has 0 unspecified atom stereocenters. The minimum Gasteiger partial charge on any atom is -0.337 e. The van der Waals surface area contributed by atoms with Crippen LogP contribution in [0.5, 0.6) is 0 Å². The lowest BCUT2D eigenvalue weighted by molar-refractivity contribution is 0.565. The molecule has 1 saturated heterocycles. The Kier molecular flexibility index (Phi) is 2.55. The molecule has 0 radical (unpaired) electrons. The van der Waals surface area contributed by atoms with Gasteiger partial charge in [0.15, 0.2) is 0 Å². The van der Waals surface area contributed by atoms with Gasteiger partial charge in [-0.1, -0.05) is 0 Å². The molecule has 1 aliphatic heterocycles. The van der Waals surface area contributed by atoms with Crippen LogP contribution in [0, 0.1) is 6.92 Å². The van der Waals surface area contributed by atoms with Crippen molar-refractivity contribution >= 4 is 5.95 Å². The zero-order chi connectivity index (χ0) is 10.8. The molecule has 15 heavy (non-hydrogen) atoms. The molecule has 7 heteroatoms. The van der Waals surface area contributed by atoms with Gasteiger partial charge in [0.25, 0.3) is 5.56 Å². The van der Waals surface area contributed by atoms with Crippen molar-refractivity contribution in [1.29, 1.82) is 0 Å². The van der Waals surface area contributed by atoms with Gasteiger partial charge in [0.05, 0.1) is 0 Å². The van der Waals surface area contributed by atoms with Crippen LogP contribution in [-0.2, 0) is 0 Å². The van der Waals surface area contributed by atoms with Gasteiger partial charge in [0, 0.05) is 26.2 Å². The first-order valence-electron chi connectivity index (χ1n) is 4.87. The van der Waals surface area contributed by atoms with E-state index in [4.69, 9.17) is 5.84 Å². The van der Waals surface area contributed by atoms with Crippen LogP contribution in [0.25, 0.3) is 0 Å². The number of nitrogens with zero attached hydrogens (tertiary/aromatic N) is 4. The molecule has 7 nitrogen and oxygen atoms in total. The molecule has 0 atom stereocenters. The molecule has 1 aliphatic rings. The molecule has 2 heterocycles. The van der Waals surface area contributed by atoms with E-state index in [-0.39, 0.29) is 5.56 Å². The van der Waals surface area contributed by atoms with Crippen LogP contribution in [0.3, 0.4) is 0 Å². The quantitative estimate of drug-likeness (QED) is 0.525. The monoisotopic (exact) mass is 210 g/mol. The van der Waals surface area contributed by atoms with Crippen molar-refractivity contribution in [2.24, 2.45) is 0 Å². The number of aromatic nitrogens is 3. The molecule has 1 aromatic heterocycles. The summed E-state index contributed by atoms with van der Waals surface area (Å²) in [7, 11) is 0. The van der Waals surface area contributed by atoms with Crippen molar-refractivity contribution in [2.45, 2.75) is 6.92 Å². The van der Waals surface area contributed by atoms with Gasteiger partial charge in [-0.05, 0) is 6.92 Å². The predicted molar refractivity (Wildman–Crippen MR) is 56.3 cm³/mol. The van der Waals surface area contributed by atoms with E-state index in [9.17, 15) is 4.79 Å². The Hall–Kier alpha value is -1.63. The minimum absolute atomic E-state index is 0.293. The summed E-state index contributed by atoms with van der Waals surface area (Å²) in [5, 5.41) is 10.9. The number of piperazine rings is 1. The lowest BCUT2D eigenvalue weighted by Crippen LogP contribution is -2.47. The molecule has 3 N–H and O–H groups in total. The summed E-state index contributed by atoms with van der Waals surface area (Å²) in [4.78, 5) is 13.5. The Morgan fingerprint density at radius 2 is 2.00 bits per heavy atom. The predicted octanol–water partition coefficient (Wildman–Crippen LogP) is -1.93. The SMILES string of the molecule is Cc1nnc(N2CCNCC2)n(N)c1=O. The number of nitrogen functional groups attached to an aromatic ring is 1. The van der Waals surface area contributed by atoms with Crippen molar-refractivity contribution in [3.63, 3.8) is 0 Å². The second-order valence-electron chi connectivity index (χ2n) is 3.50. The van der Waals surface area contributed by atoms with Gasteiger partial charge in [-0.25, -0.2) is 0 Å². The molecule has 0 amide bonds. The van der Waals surface area contributed by atoms with Crippen LogP contribution >= 0.6 is 0 Å². The molecule has 1 fully saturated rings. The van der Waals surface area contributed by atoms with Crippen molar-refractivity contribution in [3.05, 3.63) is 16.0 Å². The summed E-state index contributed by atoms with van der Waals surface area (Å²) in [5.41, 5.74) is 0.0231. The number of nitrogens with two attached hydrogens (primary N) is 1. The standard InChI is InChI=1S/C8H14N6O/c1-6-7(15)14(9)8(12-11-6)13-4-2-10-3-5-13/h10H,2-5,9H2,1H3. The van der Waals surface area contributed by atoms with Gasteiger partial charge in [-0.3, -0.25) is 4.79 Å². The fourth-order valence-corrected chi connectivity index (χ4v) is 1.56. The van der Waals surface area contributed by atoms with Crippen LogP contribution < -0.4 is 21.6 Å². The van der Waals surface area contributed by atoms with Crippen molar-refractivity contribution in [2.75, 3.05) is 36.9 Å². The Balaban J connectivity index is 2.35. The molecule has 82 valence electrons. The highest BCUT2D eigenvalue weighted by molar-refractivity contribution is 5.30. The van der Waals surface area contributed by atoms with E-state index in [1.807, 2.05) is 4.90 Å². The average Bonchev–Trinajstić information content (AvgIpc) is 2.27. The van der Waals surface area contributed by atoms with E-state index in [1.165, 1.54) is 0 Å². The molecular weight excluding hydrogens is 196 g/mol. The van der Waals surface area contributed by atoms with E-state index in [1.54, 1.807) is 6.92 Å². The van der Waals surface area contributed by atoms with E-state index in [0.29, 0.717) is 11.6 Å². The molecule has 0 aliphatic carbocycles. The van der Waals surface area contributed by atoms with Gasteiger partial charge < -0.3 is 16.1 Å². The highest BCUT2D eigenvalue weighted by Gasteiger charge is 2.16. The van der Waals surface area contributed by atoms with Crippen LogP contribution in [0.4, 0.5) is 5.95 Å². The average molecular weight is 210 g/mol. The fraction of sp³-hybridized carbons (Fsp3) is 0.625. The van der Waals surface area contributed by atoms with Crippen LogP contribution in [0.1, 0.15) is 5.69 Å². The third-order valence-electron chi connectivity index (χ3n) is 2.43. The lowest BCUT2D eigenvalue weighted by atomic mass is 10.4. The van der Waals surface area contributed by atoms with Gasteiger partial charge in [0.2, 0.25) is 5.95 Å². The maximum Gasteiger partial charge on any atom is 0.295 e. The minimum atomic E-state index is -0.293. The Labute approximate surface area is 86.9 Å². The number of hydrogen-bond donors (Lipinski definition) is 2. The Morgan fingerprint density at radius 3 is 2.67 bits per heavy atom. The smallest absolute Gasteiger partial charge is 0.295 e. The van der Waals surface area contributed by atoms with E-state index in [0.717, 1.165) is 30.9 Å². The second-order valence-corrected chi connectivity index (χ2v) is 3.50. The maximum absolute atomic E-state index is 11.5. The Bertz CT molecular complexity index is 408.